The van der Waals surface area contributed by atoms with E-state index in [9.17, 15) is 4.79 Å². The molecule has 2 nitrogen and oxygen atoms in total. The first-order valence-electron chi connectivity index (χ1n) is 3.85. The van der Waals surface area contributed by atoms with Gasteiger partial charge in [-0.15, -0.1) is 0 Å². The number of hydrogen-bond donors (Lipinski definition) is 1. The van der Waals surface area contributed by atoms with Crippen LogP contribution in [-0.2, 0) is 0 Å². The van der Waals surface area contributed by atoms with Crippen LogP contribution in [0.15, 0.2) is 30.3 Å². The maximum atomic E-state index is 11.5. The van der Waals surface area contributed by atoms with Crippen molar-refractivity contribution in [3.05, 3.63) is 42.8 Å². The Hall–Kier alpha value is -1.15. The van der Waals surface area contributed by atoms with Gasteiger partial charge in [-0.05, 0) is 14.0 Å². The number of rotatable bonds is 3. The molecule has 12 heavy (non-hydrogen) atoms. The van der Waals surface area contributed by atoms with Crippen molar-refractivity contribution >= 4 is 5.78 Å². The Balaban J connectivity index is 2.79. The number of ketones is 1. The number of likely N-dealkylation sites (N-methyl/N-ethyl adjacent to an activating group) is 1. The molecule has 0 fully saturated rings. The second-order valence-corrected chi connectivity index (χ2v) is 2.57. The minimum absolute atomic E-state index is 0.0260. The van der Waals surface area contributed by atoms with Gasteiger partial charge in [0.2, 0.25) is 0 Å². The molecule has 0 saturated heterocycles. The van der Waals surface area contributed by atoms with Gasteiger partial charge >= 0.3 is 0 Å². The van der Waals surface area contributed by atoms with Crippen molar-refractivity contribution in [3.8, 4) is 0 Å². The van der Waals surface area contributed by atoms with Crippen LogP contribution in [0.3, 0.4) is 0 Å². The molecule has 0 aliphatic carbocycles. The topological polar surface area (TPSA) is 29.1 Å². The summed E-state index contributed by atoms with van der Waals surface area (Å²) in [5.41, 5.74) is 0.701. The summed E-state index contributed by atoms with van der Waals surface area (Å²) in [5, 5.41) is 2.80. The van der Waals surface area contributed by atoms with Crippen LogP contribution in [0.5, 0.6) is 0 Å². The number of hydrogen-bond acceptors (Lipinski definition) is 2. The van der Waals surface area contributed by atoms with Gasteiger partial charge in [-0.2, -0.15) is 0 Å². The first-order chi connectivity index (χ1) is 5.75. The molecule has 2 heteroatoms. The lowest BCUT2D eigenvalue weighted by molar-refractivity contribution is 0.0965. The van der Waals surface area contributed by atoms with E-state index in [1.807, 2.05) is 18.2 Å². The SMILES string of the molecule is [CH2]C(NC)C(=O)c1ccccc1. The highest BCUT2D eigenvalue weighted by atomic mass is 16.1. The first-order valence-corrected chi connectivity index (χ1v) is 3.85. The van der Waals surface area contributed by atoms with E-state index >= 15 is 0 Å². The third kappa shape index (κ3) is 1.92. The largest absolute Gasteiger partial charge is 0.310 e. The molecule has 0 amide bonds. The Morgan fingerprint density at radius 3 is 2.50 bits per heavy atom. The lowest BCUT2D eigenvalue weighted by Gasteiger charge is -2.07. The molecular formula is C10H12NO. The van der Waals surface area contributed by atoms with E-state index in [0.29, 0.717) is 5.56 Å². The number of carbonyl (C=O) groups is 1. The van der Waals surface area contributed by atoms with Crippen LogP contribution < -0.4 is 5.32 Å². The molecule has 1 aromatic rings. The molecule has 0 aromatic heterocycles. The zero-order valence-corrected chi connectivity index (χ0v) is 7.08. The molecule has 1 rings (SSSR count). The number of carbonyl (C=O) groups excluding carboxylic acids is 1. The highest BCUT2D eigenvalue weighted by Gasteiger charge is 2.11. The molecule has 1 atom stereocenters. The quantitative estimate of drug-likeness (QED) is 0.678. The van der Waals surface area contributed by atoms with E-state index in [-0.39, 0.29) is 11.8 Å². The number of benzene rings is 1. The van der Waals surface area contributed by atoms with Crippen molar-refractivity contribution in [1.82, 2.24) is 5.32 Å². The van der Waals surface area contributed by atoms with Gasteiger partial charge in [-0.3, -0.25) is 4.79 Å². The third-order valence-corrected chi connectivity index (χ3v) is 1.72. The van der Waals surface area contributed by atoms with Gasteiger partial charge < -0.3 is 5.32 Å². The minimum Gasteiger partial charge on any atom is -0.310 e. The van der Waals surface area contributed by atoms with E-state index in [1.165, 1.54) is 0 Å². The maximum absolute atomic E-state index is 11.5. The summed E-state index contributed by atoms with van der Waals surface area (Å²) < 4.78 is 0. The summed E-state index contributed by atoms with van der Waals surface area (Å²) in [4.78, 5) is 11.5. The minimum atomic E-state index is -0.354. The summed E-state index contributed by atoms with van der Waals surface area (Å²) in [6.45, 7) is 3.67. The molecule has 1 N–H and O–H groups in total. The molecule has 1 aromatic carbocycles. The molecule has 0 aliphatic heterocycles. The summed E-state index contributed by atoms with van der Waals surface area (Å²) in [6.07, 6.45) is 0. The van der Waals surface area contributed by atoms with Crippen molar-refractivity contribution in [2.75, 3.05) is 7.05 Å². The Morgan fingerprint density at radius 1 is 1.42 bits per heavy atom. The van der Waals surface area contributed by atoms with E-state index in [0.717, 1.165) is 0 Å². The van der Waals surface area contributed by atoms with Gasteiger partial charge in [0.15, 0.2) is 5.78 Å². The Morgan fingerprint density at radius 2 is 2.00 bits per heavy atom. The molecule has 1 unspecified atom stereocenters. The van der Waals surface area contributed by atoms with Crippen molar-refractivity contribution in [3.63, 3.8) is 0 Å². The standard InChI is InChI=1S/C10H12NO/c1-8(11-2)10(12)9-6-4-3-5-7-9/h3-8,11H,1H2,2H3. The molecule has 63 valence electrons. The highest BCUT2D eigenvalue weighted by molar-refractivity contribution is 6.00. The highest BCUT2D eigenvalue weighted by Crippen LogP contribution is 2.02. The van der Waals surface area contributed by atoms with Crippen molar-refractivity contribution in [2.45, 2.75) is 6.04 Å². The van der Waals surface area contributed by atoms with Gasteiger partial charge in [0.05, 0.1) is 6.04 Å². The van der Waals surface area contributed by atoms with Gasteiger partial charge in [-0.25, -0.2) is 0 Å². The van der Waals surface area contributed by atoms with E-state index < -0.39 is 0 Å². The van der Waals surface area contributed by atoms with Crippen molar-refractivity contribution < 1.29 is 4.79 Å². The molecule has 1 radical (unpaired) electrons. The number of Topliss-reactive ketones (excluding diaryl/α,β-unsaturated/α-hetero) is 1. The fourth-order valence-electron chi connectivity index (χ4n) is 0.935. The lowest BCUT2D eigenvalue weighted by Crippen LogP contribution is -2.30. The average molecular weight is 162 g/mol. The van der Waals surface area contributed by atoms with Crippen molar-refractivity contribution in [1.29, 1.82) is 0 Å². The van der Waals surface area contributed by atoms with Gasteiger partial charge in [0.25, 0.3) is 0 Å². The summed E-state index contributed by atoms with van der Waals surface area (Å²) in [7, 11) is 1.72. The van der Waals surface area contributed by atoms with Gasteiger partial charge in [-0.1, -0.05) is 30.3 Å². The van der Waals surface area contributed by atoms with Crippen LogP contribution in [0.25, 0.3) is 0 Å². The Bertz CT molecular complexity index is 256. The van der Waals surface area contributed by atoms with E-state index in [4.69, 9.17) is 0 Å². The maximum Gasteiger partial charge on any atom is 0.179 e. The second kappa shape index (κ2) is 4.02. The van der Waals surface area contributed by atoms with E-state index in [1.54, 1.807) is 19.2 Å². The first kappa shape index (κ1) is 8.94. The number of nitrogens with one attached hydrogen (secondary N) is 1. The Labute approximate surface area is 72.6 Å². The molecular weight excluding hydrogens is 150 g/mol. The Kier molecular flexibility index (Phi) is 3.00. The van der Waals surface area contributed by atoms with Crippen molar-refractivity contribution in [2.24, 2.45) is 0 Å². The smallest absolute Gasteiger partial charge is 0.179 e. The molecule has 0 spiro atoms. The third-order valence-electron chi connectivity index (χ3n) is 1.72. The fraction of sp³-hybridized carbons (Fsp3) is 0.200. The van der Waals surface area contributed by atoms with E-state index in [2.05, 4.69) is 12.2 Å². The molecule has 0 bridgehead atoms. The predicted octanol–water partition coefficient (Wildman–Crippen LogP) is 1.29. The lowest BCUT2D eigenvalue weighted by atomic mass is 10.1. The van der Waals surface area contributed by atoms with Crippen LogP contribution in [0.2, 0.25) is 0 Å². The zero-order chi connectivity index (χ0) is 8.97. The normalized spacial score (nSPS) is 12.5. The van der Waals surface area contributed by atoms with Crippen LogP contribution >= 0.6 is 0 Å². The summed E-state index contributed by atoms with van der Waals surface area (Å²) in [6, 6.07) is 8.79. The summed E-state index contributed by atoms with van der Waals surface area (Å²) >= 11 is 0. The summed E-state index contributed by atoms with van der Waals surface area (Å²) in [5.74, 6) is 0.0260. The molecule has 0 heterocycles. The predicted molar refractivity (Wildman–Crippen MR) is 49.0 cm³/mol. The fourth-order valence-corrected chi connectivity index (χ4v) is 0.935. The van der Waals surface area contributed by atoms with Crippen LogP contribution in [0.1, 0.15) is 10.4 Å². The molecule has 0 saturated carbocycles. The van der Waals surface area contributed by atoms with Gasteiger partial charge in [0.1, 0.15) is 0 Å². The van der Waals surface area contributed by atoms with Crippen LogP contribution in [-0.4, -0.2) is 18.9 Å². The molecule has 0 aliphatic rings. The second-order valence-electron chi connectivity index (χ2n) is 2.57. The zero-order valence-electron chi connectivity index (χ0n) is 7.08. The van der Waals surface area contributed by atoms with Gasteiger partial charge in [0, 0.05) is 5.56 Å². The van der Waals surface area contributed by atoms with Crippen LogP contribution in [0, 0.1) is 6.92 Å². The van der Waals surface area contributed by atoms with Crippen LogP contribution in [0.4, 0.5) is 0 Å². The average Bonchev–Trinajstić information content (AvgIpc) is 2.17. The monoisotopic (exact) mass is 162 g/mol.